The second-order valence-corrected chi connectivity index (χ2v) is 4.58. The third-order valence-corrected chi connectivity index (χ3v) is 2.46. The fraction of sp³-hybridized carbons (Fsp3) is 0.250. The Kier molecular flexibility index (Phi) is 3.72. The predicted octanol–water partition coefficient (Wildman–Crippen LogP) is 4.94. The van der Waals surface area contributed by atoms with Gasteiger partial charge in [-0.3, -0.25) is 0 Å². The van der Waals surface area contributed by atoms with Gasteiger partial charge in [0.1, 0.15) is 4.84 Å². The highest BCUT2D eigenvalue weighted by Crippen LogP contribution is 2.35. The van der Waals surface area contributed by atoms with Crippen LogP contribution >= 0.6 is 39.1 Å². The van der Waals surface area contributed by atoms with Crippen LogP contribution in [0.4, 0.5) is 13.2 Å². The number of alkyl halides is 5. The van der Waals surface area contributed by atoms with Crippen LogP contribution in [0.25, 0.3) is 0 Å². The minimum absolute atomic E-state index is 0.218. The Morgan fingerprint density at radius 2 is 1.71 bits per heavy atom. The van der Waals surface area contributed by atoms with Crippen LogP contribution < -0.4 is 0 Å². The van der Waals surface area contributed by atoms with E-state index in [4.69, 9.17) is 23.2 Å². The topological polar surface area (TPSA) is 0 Å². The fourth-order valence-corrected chi connectivity index (χ4v) is 1.66. The van der Waals surface area contributed by atoms with Crippen LogP contribution in [0.15, 0.2) is 22.7 Å². The smallest absolute Gasteiger partial charge is 0.166 e. The minimum atomic E-state index is -4.39. The minimum Gasteiger partial charge on any atom is -0.166 e. The van der Waals surface area contributed by atoms with Crippen LogP contribution in [-0.4, -0.2) is 0 Å². The van der Waals surface area contributed by atoms with Crippen LogP contribution in [-0.2, 0) is 6.18 Å². The lowest BCUT2D eigenvalue weighted by Gasteiger charge is -2.10. The van der Waals surface area contributed by atoms with E-state index in [2.05, 4.69) is 15.9 Å². The molecule has 0 saturated carbocycles. The maximum atomic E-state index is 12.3. The van der Waals surface area contributed by atoms with Crippen molar-refractivity contribution in [3.63, 3.8) is 0 Å². The predicted molar refractivity (Wildman–Crippen MR) is 53.6 cm³/mol. The van der Waals surface area contributed by atoms with Gasteiger partial charge in [0.25, 0.3) is 0 Å². The molecule has 0 heterocycles. The number of halogens is 6. The van der Waals surface area contributed by atoms with Crippen molar-refractivity contribution in [3.05, 3.63) is 33.8 Å². The van der Waals surface area contributed by atoms with E-state index in [0.29, 0.717) is 4.47 Å². The van der Waals surface area contributed by atoms with Crippen molar-refractivity contribution in [2.45, 2.75) is 11.0 Å². The average Bonchev–Trinajstić information content (AvgIpc) is 2.01. The summed E-state index contributed by atoms with van der Waals surface area (Å²) in [4.78, 5) is -0.964. The molecule has 0 unspecified atom stereocenters. The summed E-state index contributed by atoms with van der Waals surface area (Å²) in [5.74, 6) is 0. The van der Waals surface area contributed by atoms with Crippen molar-refractivity contribution in [3.8, 4) is 0 Å². The SMILES string of the molecule is FC(F)(F)c1cc(Br)cc(C(Cl)Cl)c1. The van der Waals surface area contributed by atoms with Crippen LogP contribution in [0.5, 0.6) is 0 Å². The molecule has 0 radical (unpaired) electrons. The molecule has 0 bridgehead atoms. The van der Waals surface area contributed by atoms with Gasteiger partial charge in [-0.15, -0.1) is 23.2 Å². The summed E-state index contributed by atoms with van der Waals surface area (Å²) >= 11 is 13.9. The Hall–Kier alpha value is 0.0700. The summed E-state index contributed by atoms with van der Waals surface area (Å²) in [5, 5.41) is 0. The molecule has 0 aliphatic heterocycles. The number of benzene rings is 1. The standard InChI is InChI=1S/C8H4BrCl2F3/c9-6-2-4(7(10)11)1-5(3-6)8(12,13)14/h1-3,7H. The molecule has 14 heavy (non-hydrogen) atoms. The summed E-state index contributed by atoms with van der Waals surface area (Å²) in [6, 6.07) is 3.34. The average molecular weight is 308 g/mol. The van der Waals surface area contributed by atoms with E-state index < -0.39 is 16.6 Å². The third-order valence-electron chi connectivity index (χ3n) is 1.50. The third kappa shape index (κ3) is 3.04. The molecule has 0 aliphatic carbocycles. The van der Waals surface area contributed by atoms with Gasteiger partial charge in [-0.1, -0.05) is 15.9 Å². The summed E-state index contributed by atoms with van der Waals surface area (Å²) in [6.45, 7) is 0. The van der Waals surface area contributed by atoms with Crippen molar-refractivity contribution >= 4 is 39.1 Å². The highest BCUT2D eigenvalue weighted by atomic mass is 79.9. The second-order valence-electron chi connectivity index (χ2n) is 2.57. The van der Waals surface area contributed by atoms with Gasteiger partial charge < -0.3 is 0 Å². The lowest BCUT2D eigenvalue weighted by molar-refractivity contribution is -0.137. The van der Waals surface area contributed by atoms with Gasteiger partial charge in [-0.05, 0) is 23.8 Å². The van der Waals surface area contributed by atoms with Crippen LogP contribution in [0.2, 0.25) is 0 Å². The highest BCUT2D eigenvalue weighted by Gasteiger charge is 2.31. The van der Waals surface area contributed by atoms with Crippen LogP contribution in [0, 0.1) is 0 Å². The summed E-state index contributed by atoms with van der Waals surface area (Å²) in [5.41, 5.74) is -0.553. The van der Waals surface area contributed by atoms with Crippen molar-refractivity contribution in [2.75, 3.05) is 0 Å². The quantitative estimate of drug-likeness (QED) is 0.644. The monoisotopic (exact) mass is 306 g/mol. The maximum absolute atomic E-state index is 12.3. The lowest BCUT2D eigenvalue weighted by atomic mass is 10.1. The molecule has 0 nitrogen and oxygen atoms in total. The number of hydrogen-bond donors (Lipinski definition) is 0. The zero-order chi connectivity index (χ0) is 10.9. The van der Waals surface area contributed by atoms with Gasteiger partial charge in [0, 0.05) is 4.47 Å². The first-order valence-electron chi connectivity index (χ1n) is 3.46. The van der Waals surface area contributed by atoms with Gasteiger partial charge in [-0.2, -0.15) is 13.2 Å². The molecule has 78 valence electrons. The number of rotatable bonds is 1. The molecule has 0 atom stereocenters. The van der Waals surface area contributed by atoms with Gasteiger partial charge in [0.15, 0.2) is 0 Å². The molecule has 1 aromatic carbocycles. The van der Waals surface area contributed by atoms with Gasteiger partial charge in [0.2, 0.25) is 0 Å². The molecular weight excluding hydrogens is 304 g/mol. The Morgan fingerprint density at radius 3 is 2.14 bits per heavy atom. The van der Waals surface area contributed by atoms with Gasteiger partial charge in [-0.25, -0.2) is 0 Å². The Bertz CT molecular complexity index is 336. The molecule has 0 spiro atoms. The van der Waals surface area contributed by atoms with E-state index in [1.165, 1.54) is 6.07 Å². The number of hydrogen-bond acceptors (Lipinski definition) is 0. The lowest BCUT2D eigenvalue weighted by Crippen LogP contribution is -2.05. The molecule has 1 aromatic rings. The summed E-state index contributed by atoms with van der Waals surface area (Å²) in [7, 11) is 0. The van der Waals surface area contributed by atoms with E-state index in [1.54, 1.807) is 0 Å². The van der Waals surface area contributed by atoms with E-state index in [1.807, 2.05) is 0 Å². The largest absolute Gasteiger partial charge is 0.416 e. The molecule has 1 rings (SSSR count). The molecule has 0 aromatic heterocycles. The zero-order valence-electron chi connectivity index (χ0n) is 6.58. The van der Waals surface area contributed by atoms with Crippen molar-refractivity contribution in [2.24, 2.45) is 0 Å². The summed E-state index contributed by atoms with van der Waals surface area (Å²) in [6.07, 6.45) is -4.39. The zero-order valence-corrected chi connectivity index (χ0v) is 9.68. The molecule has 0 saturated heterocycles. The molecular formula is C8H4BrCl2F3. The van der Waals surface area contributed by atoms with Crippen molar-refractivity contribution in [1.29, 1.82) is 0 Å². The molecule has 0 fully saturated rings. The Balaban J connectivity index is 3.21. The normalized spacial score (nSPS) is 12.2. The molecule has 0 N–H and O–H groups in total. The fourth-order valence-electron chi connectivity index (χ4n) is 0.902. The molecule has 0 amide bonds. The van der Waals surface area contributed by atoms with E-state index in [0.717, 1.165) is 12.1 Å². The van der Waals surface area contributed by atoms with Gasteiger partial charge in [0.05, 0.1) is 5.56 Å². The van der Waals surface area contributed by atoms with E-state index in [-0.39, 0.29) is 5.56 Å². The van der Waals surface area contributed by atoms with E-state index >= 15 is 0 Å². The summed E-state index contributed by atoms with van der Waals surface area (Å²) < 4.78 is 37.2. The van der Waals surface area contributed by atoms with Crippen LogP contribution in [0.3, 0.4) is 0 Å². The van der Waals surface area contributed by atoms with Gasteiger partial charge >= 0.3 is 6.18 Å². The van der Waals surface area contributed by atoms with Crippen LogP contribution in [0.1, 0.15) is 16.0 Å². The first-order chi connectivity index (χ1) is 6.30. The first-order valence-corrected chi connectivity index (χ1v) is 5.13. The molecule has 0 aliphatic rings. The molecule has 6 heteroatoms. The second kappa shape index (κ2) is 4.29. The van der Waals surface area contributed by atoms with E-state index in [9.17, 15) is 13.2 Å². The van der Waals surface area contributed by atoms with Crippen molar-refractivity contribution in [1.82, 2.24) is 0 Å². The van der Waals surface area contributed by atoms with Crippen molar-refractivity contribution < 1.29 is 13.2 Å². The Morgan fingerprint density at radius 1 is 1.14 bits per heavy atom. The first kappa shape index (κ1) is 12.1. The highest BCUT2D eigenvalue weighted by molar-refractivity contribution is 9.10. The maximum Gasteiger partial charge on any atom is 0.416 e. The Labute approximate surface area is 97.1 Å².